The molecule has 1 fully saturated rings. The highest BCUT2D eigenvalue weighted by Gasteiger charge is 2.19. The fourth-order valence-electron chi connectivity index (χ4n) is 3.15. The van der Waals surface area contributed by atoms with Gasteiger partial charge in [0.2, 0.25) is 0 Å². The lowest BCUT2D eigenvalue weighted by molar-refractivity contribution is 0.430. The molecule has 0 unspecified atom stereocenters. The first-order chi connectivity index (χ1) is 12.2. The van der Waals surface area contributed by atoms with Crippen LogP contribution in [0.5, 0.6) is 0 Å². The van der Waals surface area contributed by atoms with Crippen LogP contribution in [0.3, 0.4) is 0 Å². The van der Waals surface area contributed by atoms with Crippen molar-refractivity contribution in [2.45, 2.75) is 11.8 Å². The largest absolute Gasteiger partial charge is 0.368 e. The minimum atomic E-state index is 0.733. The van der Waals surface area contributed by atoms with Crippen LogP contribution in [-0.4, -0.2) is 35.5 Å². The molecule has 3 aromatic rings. The highest BCUT2D eigenvalue weighted by Crippen LogP contribution is 2.30. The van der Waals surface area contributed by atoms with Gasteiger partial charge in [0.15, 0.2) is 0 Å². The Balaban J connectivity index is 1.46. The number of aryl methyl sites for hydroxylation is 1. The SMILES string of the molecule is Cc1ccc(SN2CCN(c3ccnc4cc(Cl)ccc34)CC2)cc1. The fraction of sp³-hybridized carbons (Fsp3) is 0.250. The Morgan fingerprint density at radius 1 is 0.960 bits per heavy atom. The molecule has 5 heteroatoms. The van der Waals surface area contributed by atoms with Crippen molar-refractivity contribution < 1.29 is 0 Å². The molecule has 2 heterocycles. The number of nitrogens with zero attached hydrogens (tertiary/aromatic N) is 3. The molecule has 1 aliphatic heterocycles. The third kappa shape index (κ3) is 3.76. The van der Waals surface area contributed by atoms with Gasteiger partial charge in [-0.25, -0.2) is 4.31 Å². The summed E-state index contributed by atoms with van der Waals surface area (Å²) in [6, 6.07) is 16.8. The van der Waals surface area contributed by atoms with Gasteiger partial charge in [0, 0.05) is 53.4 Å². The van der Waals surface area contributed by atoms with Gasteiger partial charge in [0.1, 0.15) is 0 Å². The van der Waals surface area contributed by atoms with E-state index in [4.69, 9.17) is 11.6 Å². The maximum atomic E-state index is 6.10. The molecule has 0 saturated carbocycles. The van der Waals surface area contributed by atoms with Crippen LogP contribution in [0, 0.1) is 6.92 Å². The Kier molecular flexibility index (Phi) is 4.84. The second-order valence-electron chi connectivity index (χ2n) is 6.31. The summed E-state index contributed by atoms with van der Waals surface area (Å²) in [4.78, 5) is 8.21. The third-order valence-corrected chi connectivity index (χ3v) is 5.86. The summed E-state index contributed by atoms with van der Waals surface area (Å²) in [6.07, 6.45) is 1.88. The Morgan fingerprint density at radius 2 is 1.72 bits per heavy atom. The van der Waals surface area contributed by atoms with Crippen molar-refractivity contribution in [2.24, 2.45) is 0 Å². The van der Waals surface area contributed by atoms with E-state index in [0.29, 0.717) is 0 Å². The van der Waals surface area contributed by atoms with Gasteiger partial charge in [0.05, 0.1) is 5.52 Å². The van der Waals surface area contributed by atoms with Gasteiger partial charge in [0.25, 0.3) is 0 Å². The quantitative estimate of drug-likeness (QED) is 0.603. The van der Waals surface area contributed by atoms with Crippen LogP contribution < -0.4 is 4.90 Å². The lowest BCUT2D eigenvalue weighted by Crippen LogP contribution is -2.43. The van der Waals surface area contributed by atoms with Gasteiger partial charge in [-0.3, -0.25) is 4.98 Å². The van der Waals surface area contributed by atoms with E-state index in [1.807, 2.05) is 30.3 Å². The first-order valence-corrected chi connectivity index (χ1v) is 9.63. The number of fused-ring (bicyclic) bond motifs is 1. The van der Waals surface area contributed by atoms with Gasteiger partial charge < -0.3 is 4.90 Å². The zero-order chi connectivity index (χ0) is 17.2. The van der Waals surface area contributed by atoms with E-state index < -0.39 is 0 Å². The molecule has 0 amide bonds. The molecule has 1 aliphatic rings. The molecule has 0 N–H and O–H groups in total. The van der Waals surface area contributed by atoms with Crippen molar-refractivity contribution in [1.29, 1.82) is 0 Å². The number of piperazine rings is 1. The molecule has 0 atom stereocenters. The lowest BCUT2D eigenvalue weighted by atomic mass is 10.1. The second-order valence-corrected chi connectivity index (χ2v) is 7.92. The van der Waals surface area contributed by atoms with Crippen molar-refractivity contribution in [3.8, 4) is 0 Å². The highest BCUT2D eigenvalue weighted by atomic mass is 35.5. The van der Waals surface area contributed by atoms with Crippen molar-refractivity contribution in [3.05, 3.63) is 65.3 Å². The molecule has 0 aliphatic carbocycles. The average molecular weight is 370 g/mol. The first kappa shape index (κ1) is 16.7. The normalized spacial score (nSPS) is 15.7. The standard InChI is InChI=1S/C20H20ClN3S/c1-15-2-5-17(6-3-15)25-24-12-10-23(11-13-24)20-8-9-22-19-14-16(21)4-7-18(19)20/h2-9,14H,10-13H2,1H3. The van der Waals surface area contributed by atoms with Gasteiger partial charge >= 0.3 is 0 Å². The summed E-state index contributed by atoms with van der Waals surface area (Å²) >= 11 is 7.95. The monoisotopic (exact) mass is 369 g/mol. The van der Waals surface area contributed by atoms with E-state index >= 15 is 0 Å². The van der Waals surface area contributed by atoms with Gasteiger partial charge in [-0.05, 0) is 55.3 Å². The van der Waals surface area contributed by atoms with Crippen LogP contribution in [0.15, 0.2) is 59.6 Å². The van der Waals surface area contributed by atoms with E-state index in [1.165, 1.54) is 21.5 Å². The topological polar surface area (TPSA) is 19.4 Å². The lowest BCUT2D eigenvalue weighted by Gasteiger charge is -2.35. The van der Waals surface area contributed by atoms with E-state index in [9.17, 15) is 0 Å². The van der Waals surface area contributed by atoms with E-state index in [0.717, 1.165) is 36.7 Å². The van der Waals surface area contributed by atoms with E-state index in [1.54, 1.807) is 0 Å². The summed E-state index contributed by atoms with van der Waals surface area (Å²) in [5.74, 6) is 0. The number of anilines is 1. The summed E-state index contributed by atoms with van der Waals surface area (Å²) in [5, 5.41) is 1.91. The predicted octanol–water partition coefficient (Wildman–Crippen LogP) is 5.03. The van der Waals surface area contributed by atoms with Crippen LogP contribution in [0.2, 0.25) is 5.02 Å². The molecule has 3 nitrogen and oxygen atoms in total. The zero-order valence-corrected chi connectivity index (χ0v) is 15.7. The number of hydrogen-bond donors (Lipinski definition) is 0. The minimum Gasteiger partial charge on any atom is -0.368 e. The zero-order valence-electron chi connectivity index (χ0n) is 14.2. The summed E-state index contributed by atoms with van der Waals surface area (Å²) in [7, 11) is 0. The summed E-state index contributed by atoms with van der Waals surface area (Å²) in [5.41, 5.74) is 3.52. The van der Waals surface area contributed by atoms with Crippen LogP contribution in [0.4, 0.5) is 5.69 Å². The maximum Gasteiger partial charge on any atom is 0.0737 e. The third-order valence-electron chi connectivity index (χ3n) is 4.52. The molecule has 0 bridgehead atoms. The van der Waals surface area contributed by atoms with Crippen molar-refractivity contribution in [3.63, 3.8) is 0 Å². The number of aromatic nitrogens is 1. The fourth-order valence-corrected chi connectivity index (χ4v) is 4.22. The van der Waals surface area contributed by atoms with Crippen LogP contribution in [-0.2, 0) is 0 Å². The number of rotatable bonds is 3. The van der Waals surface area contributed by atoms with E-state index in [-0.39, 0.29) is 0 Å². The van der Waals surface area contributed by atoms with Gasteiger partial charge in [-0.1, -0.05) is 29.3 Å². The van der Waals surface area contributed by atoms with Crippen molar-refractivity contribution in [2.75, 3.05) is 31.1 Å². The number of pyridine rings is 1. The van der Waals surface area contributed by atoms with Crippen LogP contribution >= 0.6 is 23.5 Å². The number of halogens is 1. The molecular formula is C20H20ClN3S. The summed E-state index contributed by atoms with van der Waals surface area (Å²) < 4.78 is 2.45. The van der Waals surface area contributed by atoms with Crippen molar-refractivity contribution >= 4 is 40.1 Å². The molecule has 2 aromatic carbocycles. The molecule has 25 heavy (non-hydrogen) atoms. The Bertz CT molecular complexity index is 874. The Labute approximate surface area is 157 Å². The molecule has 128 valence electrons. The van der Waals surface area contributed by atoms with Crippen LogP contribution in [0.25, 0.3) is 10.9 Å². The number of hydrogen-bond acceptors (Lipinski definition) is 4. The Hall–Kier alpha value is -1.75. The molecule has 4 rings (SSSR count). The average Bonchev–Trinajstić information content (AvgIpc) is 2.63. The minimum absolute atomic E-state index is 0.733. The highest BCUT2D eigenvalue weighted by molar-refractivity contribution is 7.97. The maximum absolute atomic E-state index is 6.10. The first-order valence-electron chi connectivity index (χ1n) is 8.48. The van der Waals surface area contributed by atoms with Crippen molar-refractivity contribution in [1.82, 2.24) is 9.29 Å². The van der Waals surface area contributed by atoms with Gasteiger partial charge in [-0.15, -0.1) is 0 Å². The predicted molar refractivity (Wildman–Crippen MR) is 108 cm³/mol. The molecule has 1 aromatic heterocycles. The molecule has 0 radical (unpaired) electrons. The van der Waals surface area contributed by atoms with Gasteiger partial charge in [-0.2, -0.15) is 0 Å². The smallest absolute Gasteiger partial charge is 0.0737 e. The Morgan fingerprint density at radius 3 is 2.48 bits per heavy atom. The van der Waals surface area contributed by atoms with Crippen LogP contribution in [0.1, 0.15) is 5.56 Å². The second kappa shape index (κ2) is 7.24. The number of benzene rings is 2. The summed E-state index contributed by atoms with van der Waals surface area (Å²) in [6.45, 7) is 6.23. The molecular weight excluding hydrogens is 350 g/mol. The molecule has 0 spiro atoms. The molecule has 1 saturated heterocycles. The van der Waals surface area contributed by atoms with E-state index in [2.05, 4.69) is 57.5 Å².